The van der Waals surface area contributed by atoms with Crippen molar-refractivity contribution < 1.29 is 9.53 Å². The third kappa shape index (κ3) is 6.39. The molecule has 0 bridgehead atoms. The molecular formula is C15H23BrN2O2. The first-order chi connectivity index (χ1) is 9.67. The average molecular weight is 343 g/mol. The molecule has 1 rings (SSSR count). The van der Waals surface area contributed by atoms with E-state index in [1.807, 2.05) is 43.1 Å². The number of rotatable bonds is 9. The van der Waals surface area contributed by atoms with Gasteiger partial charge in [-0.25, -0.2) is 0 Å². The number of hydrogen-bond acceptors (Lipinski definition) is 3. The van der Waals surface area contributed by atoms with Crippen molar-refractivity contribution in [2.24, 2.45) is 0 Å². The van der Waals surface area contributed by atoms with Gasteiger partial charge in [0.2, 0.25) is 5.91 Å². The van der Waals surface area contributed by atoms with Crippen molar-refractivity contribution >= 4 is 21.8 Å². The van der Waals surface area contributed by atoms with Crippen LogP contribution in [0.2, 0.25) is 0 Å². The van der Waals surface area contributed by atoms with Crippen LogP contribution < -0.4 is 10.1 Å². The molecule has 0 heterocycles. The summed E-state index contributed by atoms with van der Waals surface area (Å²) in [7, 11) is 1.90. The molecule has 1 amide bonds. The molecule has 0 saturated heterocycles. The van der Waals surface area contributed by atoms with Gasteiger partial charge in [-0.15, -0.1) is 0 Å². The SMILES string of the molecule is CCN(CCOc1ccc(Br)cc1)C(=O)CCCNC. The van der Waals surface area contributed by atoms with Gasteiger partial charge in [-0.1, -0.05) is 15.9 Å². The Labute approximate surface area is 129 Å². The van der Waals surface area contributed by atoms with Crippen molar-refractivity contribution in [1.29, 1.82) is 0 Å². The molecular weight excluding hydrogens is 320 g/mol. The second kappa shape index (κ2) is 9.77. The summed E-state index contributed by atoms with van der Waals surface area (Å²) in [6, 6.07) is 7.70. The van der Waals surface area contributed by atoms with Gasteiger partial charge in [0.05, 0.1) is 6.54 Å². The number of halogens is 1. The van der Waals surface area contributed by atoms with E-state index < -0.39 is 0 Å². The molecule has 0 spiro atoms. The number of likely N-dealkylation sites (N-methyl/N-ethyl adjacent to an activating group) is 1. The molecule has 1 aromatic rings. The molecule has 0 aliphatic carbocycles. The maximum absolute atomic E-state index is 12.0. The lowest BCUT2D eigenvalue weighted by atomic mass is 10.2. The van der Waals surface area contributed by atoms with Gasteiger partial charge in [-0.05, 0) is 51.2 Å². The zero-order chi connectivity index (χ0) is 14.8. The fraction of sp³-hybridized carbons (Fsp3) is 0.533. The summed E-state index contributed by atoms with van der Waals surface area (Å²) in [6.07, 6.45) is 1.46. The van der Waals surface area contributed by atoms with Crippen LogP contribution in [0.4, 0.5) is 0 Å². The van der Waals surface area contributed by atoms with Gasteiger partial charge in [-0.3, -0.25) is 4.79 Å². The number of benzene rings is 1. The minimum absolute atomic E-state index is 0.196. The molecule has 1 N–H and O–H groups in total. The topological polar surface area (TPSA) is 41.6 Å². The Morgan fingerprint density at radius 1 is 1.35 bits per heavy atom. The molecule has 0 saturated carbocycles. The third-order valence-corrected chi connectivity index (χ3v) is 3.52. The summed E-state index contributed by atoms with van der Waals surface area (Å²) in [6.45, 7) is 4.74. The Morgan fingerprint density at radius 3 is 2.65 bits per heavy atom. The first-order valence-corrected chi connectivity index (χ1v) is 7.77. The fourth-order valence-electron chi connectivity index (χ4n) is 1.84. The summed E-state index contributed by atoms with van der Waals surface area (Å²) in [5.74, 6) is 1.02. The predicted molar refractivity (Wildman–Crippen MR) is 85.1 cm³/mol. The molecule has 0 aliphatic rings. The number of hydrogen-bond donors (Lipinski definition) is 1. The van der Waals surface area contributed by atoms with Crippen molar-refractivity contribution in [3.8, 4) is 5.75 Å². The predicted octanol–water partition coefficient (Wildman–Crippen LogP) is 2.68. The molecule has 5 heteroatoms. The number of nitrogens with zero attached hydrogens (tertiary/aromatic N) is 1. The minimum atomic E-state index is 0.196. The lowest BCUT2D eigenvalue weighted by Gasteiger charge is -2.21. The van der Waals surface area contributed by atoms with Crippen LogP contribution in [0.25, 0.3) is 0 Å². The Kier molecular flexibility index (Phi) is 8.30. The van der Waals surface area contributed by atoms with E-state index in [2.05, 4.69) is 21.2 Å². The molecule has 112 valence electrons. The summed E-state index contributed by atoms with van der Waals surface area (Å²) in [5.41, 5.74) is 0. The zero-order valence-corrected chi connectivity index (χ0v) is 13.8. The average Bonchev–Trinajstić information content (AvgIpc) is 2.45. The maximum Gasteiger partial charge on any atom is 0.222 e. The van der Waals surface area contributed by atoms with Crippen molar-refractivity contribution in [2.45, 2.75) is 19.8 Å². The monoisotopic (exact) mass is 342 g/mol. The van der Waals surface area contributed by atoms with Crippen LogP contribution in [0.1, 0.15) is 19.8 Å². The van der Waals surface area contributed by atoms with Crippen LogP contribution in [0, 0.1) is 0 Å². The van der Waals surface area contributed by atoms with Crippen LogP contribution >= 0.6 is 15.9 Å². The molecule has 0 radical (unpaired) electrons. The van der Waals surface area contributed by atoms with Crippen LogP contribution in [0.5, 0.6) is 5.75 Å². The summed E-state index contributed by atoms with van der Waals surface area (Å²) in [5, 5.41) is 3.05. The maximum atomic E-state index is 12.0. The van der Waals surface area contributed by atoms with Crippen molar-refractivity contribution in [1.82, 2.24) is 10.2 Å². The fourth-order valence-corrected chi connectivity index (χ4v) is 2.10. The smallest absolute Gasteiger partial charge is 0.222 e. The Hall–Kier alpha value is -1.07. The number of nitrogens with one attached hydrogen (secondary N) is 1. The number of carbonyl (C=O) groups is 1. The van der Waals surface area contributed by atoms with Gasteiger partial charge in [0.1, 0.15) is 12.4 Å². The minimum Gasteiger partial charge on any atom is -0.492 e. The highest BCUT2D eigenvalue weighted by Crippen LogP contribution is 2.15. The molecule has 1 aromatic carbocycles. The van der Waals surface area contributed by atoms with E-state index in [0.29, 0.717) is 19.6 Å². The second-order valence-electron chi connectivity index (χ2n) is 4.48. The van der Waals surface area contributed by atoms with E-state index in [1.165, 1.54) is 0 Å². The highest BCUT2D eigenvalue weighted by atomic mass is 79.9. The number of amides is 1. The highest BCUT2D eigenvalue weighted by Gasteiger charge is 2.10. The van der Waals surface area contributed by atoms with Gasteiger partial charge in [0.15, 0.2) is 0 Å². The van der Waals surface area contributed by atoms with Crippen molar-refractivity contribution in [2.75, 3.05) is 33.3 Å². The largest absolute Gasteiger partial charge is 0.492 e. The van der Waals surface area contributed by atoms with Crippen molar-refractivity contribution in [3.05, 3.63) is 28.7 Å². The second-order valence-corrected chi connectivity index (χ2v) is 5.40. The van der Waals surface area contributed by atoms with Crippen LogP contribution in [0.15, 0.2) is 28.7 Å². The van der Waals surface area contributed by atoms with Gasteiger partial charge < -0.3 is 15.0 Å². The summed E-state index contributed by atoms with van der Waals surface area (Å²) >= 11 is 3.38. The lowest BCUT2D eigenvalue weighted by molar-refractivity contribution is -0.131. The van der Waals surface area contributed by atoms with Crippen LogP contribution in [-0.2, 0) is 4.79 Å². The highest BCUT2D eigenvalue weighted by molar-refractivity contribution is 9.10. The summed E-state index contributed by atoms with van der Waals surface area (Å²) in [4.78, 5) is 13.8. The molecule has 0 aromatic heterocycles. The van der Waals surface area contributed by atoms with E-state index in [1.54, 1.807) is 0 Å². The van der Waals surface area contributed by atoms with Crippen molar-refractivity contribution in [3.63, 3.8) is 0 Å². The summed E-state index contributed by atoms with van der Waals surface area (Å²) < 4.78 is 6.67. The van der Waals surface area contributed by atoms with Gasteiger partial charge in [0, 0.05) is 17.4 Å². The Morgan fingerprint density at radius 2 is 2.05 bits per heavy atom. The van der Waals surface area contributed by atoms with Gasteiger partial charge >= 0.3 is 0 Å². The van der Waals surface area contributed by atoms with E-state index in [4.69, 9.17) is 4.74 Å². The standard InChI is InChI=1S/C15H23BrN2O2/c1-3-18(15(19)5-4-10-17-2)11-12-20-14-8-6-13(16)7-9-14/h6-9,17H,3-5,10-12H2,1-2H3. The molecule has 0 unspecified atom stereocenters. The number of ether oxygens (including phenoxy) is 1. The van der Waals surface area contributed by atoms with Gasteiger partial charge in [0.25, 0.3) is 0 Å². The lowest BCUT2D eigenvalue weighted by Crippen LogP contribution is -2.34. The Bertz CT molecular complexity index is 395. The number of carbonyl (C=O) groups excluding carboxylic acids is 1. The third-order valence-electron chi connectivity index (χ3n) is 3.00. The van der Waals surface area contributed by atoms with E-state index in [-0.39, 0.29) is 5.91 Å². The molecule has 20 heavy (non-hydrogen) atoms. The van der Waals surface area contributed by atoms with E-state index in [0.717, 1.165) is 29.7 Å². The molecule has 4 nitrogen and oxygen atoms in total. The van der Waals surface area contributed by atoms with Crippen LogP contribution in [-0.4, -0.2) is 44.1 Å². The van der Waals surface area contributed by atoms with Crippen LogP contribution in [0.3, 0.4) is 0 Å². The molecule has 0 atom stereocenters. The quantitative estimate of drug-likeness (QED) is 0.701. The first kappa shape index (κ1) is 17.0. The molecule has 0 fully saturated rings. The zero-order valence-electron chi connectivity index (χ0n) is 12.2. The normalized spacial score (nSPS) is 10.3. The van der Waals surface area contributed by atoms with Gasteiger partial charge in [-0.2, -0.15) is 0 Å². The molecule has 0 aliphatic heterocycles. The first-order valence-electron chi connectivity index (χ1n) is 6.98. The van der Waals surface area contributed by atoms with E-state index in [9.17, 15) is 4.79 Å². The Balaban J connectivity index is 2.30. The van der Waals surface area contributed by atoms with E-state index >= 15 is 0 Å².